The smallest absolute Gasteiger partial charge is 0.173 e. The summed E-state index contributed by atoms with van der Waals surface area (Å²) in [5.41, 5.74) is 0.643. The highest BCUT2D eigenvalue weighted by atomic mass is 79.9. The molecular formula is C13H14BrF2NO. The van der Waals surface area contributed by atoms with Crippen LogP contribution in [0.25, 0.3) is 0 Å². The zero-order valence-electron chi connectivity index (χ0n) is 9.97. The lowest BCUT2D eigenvalue weighted by atomic mass is 10.0. The van der Waals surface area contributed by atoms with Gasteiger partial charge in [-0.25, -0.2) is 8.78 Å². The molecule has 0 radical (unpaired) electrons. The number of ether oxygens (including phenoxy) is 1. The molecule has 1 unspecified atom stereocenters. The Kier molecular flexibility index (Phi) is 4.35. The van der Waals surface area contributed by atoms with Gasteiger partial charge in [0.15, 0.2) is 11.6 Å². The van der Waals surface area contributed by atoms with Gasteiger partial charge < -0.3 is 10.1 Å². The van der Waals surface area contributed by atoms with E-state index in [1.54, 1.807) is 6.07 Å². The SMILES string of the molecule is CCNC(C1=CCCO1)c1ccc(F)c(F)c1Br. The fourth-order valence-electron chi connectivity index (χ4n) is 1.97. The van der Waals surface area contributed by atoms with E-state index in [0.717, 1.165) is 18.2 Å². The largest absolute Gasteiger partial charge is 0.496 e. The van der Waals surface area contributed by atoms with Crippen LogP contribution in [-0.4, -0.2) is 13.2 Å². The Morgan fingerprint density at radius 2 is 2.22 bits per heavy atom. The molecule has 1 N–H and O–H groups in total. The number of rotatable bonds is 4. The molecule has 5 heteroatoms. The molecule has 1 aliphatic rings. The van der Waals surface area contributed by atoms with Gasteiger partial charge in [-0.1, -0.05) is 13.0 Å². The Hall–Kier alpha value is -0.940. The zero-order valence-corrected chi connectivity index (χ0v) is 11.6. The number of nitrogens with one attached hydrogen (secondary N) is 1. The van der Waals surface area contributed by atoms with E-state index in [4.69, 9.17) is 4.74 Å². The minimum Gasteiger partial charge on any atom is -0.496 e. The third kappa shape index (κ3) is 2.57. The molecule has 0 spiro atoms. The highest BCUT2D eigenvalue weighted by Gasteiger charge is 2.24. The van der Waals surface area contributed by atoms with E-state index < -0.39 is 11.6 Å². The topological polar surface area (TPSA) is 21.3 Å². The third-order valence-electron chi connectivity index (χ3n) is 2.80. The van der Waals surface area contributed by atoms with Gasteiger partial charge in [0.1, 0.15) is 5.76 Å². The van der Waals surface area contributed by atoms with E-state index in [0.29, 0.717) is 18.7 Å². The number of halogens is 3. The maximum Gasteiger partial charge on any atom is 0.173 e. The summed E-state index contributed by atoms with van der Waals surface area (Å²) in [6.45, 7) is 3.30. The lowest BCUT2D eigenvalue weighted by Gasteiger charge is -2.21. The van der Waals surface area contributed by atoms with Crippen molar-refractivity contribution in [3.05, 3.63) is 45.6 Å². The van der Waals surface area contributed by atoms with Gasteiger partial charge in [-0.2, -0.15) is 0 Å². The van der Waals surface area contributed by atoms with Crippen molar-refractivity contribution >= 4 is 15.9 Å². The molecule has 1 atom stereocenters. The number of benzene rings is 1. The van der Waals surface area contributed by atoms with Crippen LogP contribution in [0.2, 0.25) is 0 Å². The van der Waals surface area contributed by atoms with Crippen molar-refractivity contribution in [2.75, 3.05) is 13.2 Å². The molecule has 2 nitrogen and oxygen atoms in total. The predicted octanol–water partition coefficient (Wildman–Crippen LogP) is 3.68. The second-order valence-corrected chi connectivity index (χ2v) is 4.79. The van der Waals surface area contributed by atoms with Crippen molar-refractivity contribution in [1.82, 2.24) is 5.32 Å². The van der Waals surface area contributed by atoms with Crippen molar-refractivity contribution in [3.8, 4) is 0 Å². The minimum absolute atomic E-state index is 0.143. The van der Waals surface area contributed by atoms with Crippen molar-refractivity contribution < 1.29 is 13.5 Å². The van der Waals surface area contributed by atoms with Gasteiger partial charge in [-0.3, -0.25) is 0 Å². The van der Waals surface area contributed by atoms with Crippen molar-refractivity contribution in [2.24, 2.45) is 0 Å². The summed E-state index contributed by atoms with van der Waals surface area (Å²) in [6, 6.07) is 2.45. The molecule has 0 aromatic heterocycles. The highest BCUT2D eigenvalue weighted by Crippen LogP contribution is 2.33. The quantitative estimate of drug-likeness (QED) is 0.855. The normalized spacial score (nSPS) is 16.3. The Balaban J connectivity index is 2.39. The summed E-state index contributed by atoms with van der Waals surface area (Å²) in [4.78, 5) is 0. The molecule has 0 fully saturated rings. The van der Waals surface area contributed by atoms with E-state index in [-0.39, 0.29) is 10.5 Å². The first-order valence-electron chi connectivity index (χ1n) is 5.84. The van der Waals surface area contributed by atoms with Crippen LogP contribution in [0.3, 0.4) is 0 Å². The maximum absolute atomic E-state index is 13.6. The fourth-order valence-corrected chi connectivity index (χ4v) is 2.52. The van der Waals surface area contributed by atoms with E-state index in [1.165, 1.54) is 0 Å². The summed E-state index contributed by atoms with van der Waals surface area (Å²) in [5, 5.41) is 3.22. The van der Waals surface area contributed by atoms with Gasteiger partial charge >= 0.3 is 0 Å². The molecule has 18 heavy (non-hydrogen) atoms. The van der Waals surface area contributed by atoms with Gasteiger partial charge in [0, 0.05) is 6.42 Å². The first-order valence-corrected chi connectivity index (χ1v) is 6.64. The van der Waals surface area contributed by atoms with Crippen molar-refractivity contribution in [2.45, 2.75) is 19.4 Å². The van der Waals surface area contributed by atoms with Crippen LogP contribution in [0.1, 0.15) is 24.9 Å². The molecular weight excluding hydrogens is 304 g/mol. The van der Waals surface area contributed by atoms with Crippen LogP contribution in [0.15, 0.2) is 28.4 Å². The van der Waals surface area contributed by atoms with Crippen LogP contribution in [0.4, 0.5) is 8.78 Å². The van der Waals surface area contributed by atoms with Gasteiger partial charge in [0.05, 0.1) is 17.1 Å². The summed E-state index contributed by atoms with van der Waals surface area (Å²) in [7, 11) is 0. The van der Waals surface area contributed by atoms with Crippen LogP contribution in [0, 0.1) is 11.6 Å². The van der Waals surface area contributed by atoms with Gasteiger partial charge in [0.25, 0.3) is 0 Å². The summed E-state index contributed by atoms with van der Waals surface area (Å²) in [5.74, 6) is -0.959. The maximum atomic E-state index is 13.6. The minimum atomic E-state index is -0.867. The fraction of sp³-hybridized carbons (Fsp3) is 0.385. The molecule has 0 saturated carbocycles. The average Bonchev–Trinajstić information content (AvgIpc) is 2.88. The molecule has 2 rings (SSSR count). The number of likely N-dealkylation sites (N-methyl/N-ethyl adjacent to an activating group) is 1. The molecule has 1 aliphatic heterocycles. The molecule has 98 valence electrons. The van der Waals surface area contributed by atoms with Crippen LogP contribution >= 0.6 is 15.9 Å². The van der Waals surface area contributed by atoms with Crippen molar-refractivity contribution in [3.63, 3.8) is 0 Å². The van der Waals surface area contributed by atoms with E-state index in [1.807, 2.05) is 13.0 Å². The van der Waals surface area contributed by atoms with Crippen LogP contribution in [-0.2, 0) is 4.74 Å². The Morgan fingerprint density at radius 3 is 2.83 bits per heavy atom. The van der Waals surface area contributed by atoms with E-state index >= 15 is 0 Å². The van der Waals surface area contributed by atoms with Crippen molar-refractivity contribution in [1.29, 1.82) is 0 Å². The molecule has 1 heterocycles. The second-order valence-electron chi connectivity index (χ2n) is 4.00. The lowest BCUT2D eigenvalue weighted by molar-refractivity contribution is 0.215. The standard InChI is InChI=1S/C13H14BrF2NO/c1-2-17-13(10-4-3-7-18-10)8-5-6-9(15)12(16)11(8)14/h4-6,13,17H,2-3,7H2,1H3. The molecule has 1 aromatic carbocycles. The monoisotopic (exact) mass is 317 g/mol. The first-order chi connectivity index (χ1) is 8.65. The Bertz CT molecular complexity index is 476. The third-order valence-corrected chi connectivity index (χ3v) is 3.61. The molecule has 0 aliphatic carbocycles. The predicted molar refractivity (Wildman–Crippen MR) is 69.1 cm³/mol. The summed E-state index contributed by atoms with van der Waals surface area (Å²) >= 11 is 3.11. The molecule has 0 amide bonds. The average molecular weight is 318 g/mol. The van der Waals surface area contributed by atoms with Gasteiger partial charge in [-0.05, 0) is 40.2 Å². The first kappa shape index (κ1) is 13.5. The summed E-state index contributed by atoms with van der Waals surface area (Å²) in [6.07, 6.45) is 2.82. The molecule has 0 saturated heterocycles. The number of hydrogen-bond donors (Lipinski definition) is 1. The molecule has 0 bridgehead atoms. The highest BCUT2D eigenvalue weighted by molar-refractivity contribution is 9.10. The Labute approximate surface area is 113 Å². The van der Waals surface area contributed by atoms with Gasteiger partial charge in [0.2, 0.25) is 0 Å². The van der Waals surface area contributed by atoms with Crippen LogP contribution < -0.4 is 5.32 Å². The van der Waals surface area contributed by atoms with E-state index in [2.05, 4.69) is 21.2 Å². The molecule has 1 aromatic rings. The van der Waals surface area contributed by atoms with E-state index in [9.17, 15) is 8.78 Å². The Morgan fingerprint density at radius 1 is 1.44 bits per heavy atom. The zero-order chi connectivity index (χ0) is 13.1. The lowest BCUT2D eigenvalue weighted by Crippen LogP contribution is -2.24. The van der Waals surface area contributed by atoms with Crippen LogP contribution in [0.5, 0.6) is 0 Å². The second kappa shape index (κ2) is 5.80. The van der Waals surface area contributed by atoms with Gasteiger partial charge in [-0.15, -0.1) is 0 Å². The number of hydrogen-bond acceptors (Lipinski definition) is 2. The summed E-state index contributed by atoms with van der Waals surface area (Å²) < 4.78 is 32.3.